The van der Waals surface area contributed by atoms with Crippen LogP contribution in [0, 0.1) is 5.92 Å². The van der Waals surface area contributed by atoms with E-state index in [1.54, 1.807) is 24.3 Å². The Kier molecular flexibility index (Phi) is 9.04. The molecule has 1 fully saturated rings. The number of carbonyl (C=O) groups is 2. The van der Waals surface area contributed by atoms with Crippen LogP contribution in [0.4, 0.5) is 0 Å². The number of nitrogens with zero attached hydrogens (tertiary/aromatic N) is 2. The quantitative estimate of drug-likeness (QED) is 0.207. The molecule has 1 unspecified atom stereocenters. The first-order valence-corrected chi connectivity index (χ1v) is 13.2. The number of rotatable bonds is 11. The summed E-state index contributed by atoms with van der Waals surface area (Å²) in [6, 6.07) is 23.4. The summed E-state index contributed by atoms with van der Waals surface area (Å²) in [7, 11) is 3.82. The topological polar surface area (TPSA) is 79.3 Å². The highest BCUT2D eigenvalue weighted by molar-refractivity contribution is 6.46. The zero-order chi connectivity index (χ0) is 27.9. The van der Waals surface area contributed by atoms with Gasteiger partial charge in [-0.15, -0.1) is 0 Å². The van der Waals surface area contributed by atoms with Crippen molar-refractivity contribution in [2.24, 2.45) is 5.92 Å². The molecule has 0 radical (unpaired) electrons. The van der Waals surface area contributed by atoms with Crippen LogP contribution in [-0.2, 0) is 16.2 Å². The van der Waals surface area contributed by atoms with Crippen molar-refractivity contribution in [1.82, 2.24) is 9.80 Å². The Morgan fingerprint density at radius 1 is 0.923 bits per heavy atom. The van der Waals surface area contributed by atoms with Crippen LogP contribution >= 0.6 is 0 Å². The first-order chi connectivity index (χ1) is 18.7. The fourth-order valence-electron chi connectivity index (χ4n) is 4.41. The highest BCUT2D eigenvalue weighted by Crippen LogP contribution is 2.40. The number of hydrogen-bond acceptors (Lipinski definition) is 6. The van der Waals surface area contributed by atoms with Gasteiger partial charge in [0.15, 0.2) is 0 Å². The minimum atomic E-state index is -0.748. The predicted octanol–water partition coefficient (Wildman–Crippen LogP) is 5.28. The Bertz CT molecular complexity index is 1320. The first kappa shape index (κ1) is 27.9. The number of amides is 1. The Hall–Kier alpha value is -4.10. The highest BCUT2D eigenvalue weighted by Gasteiger charge is 2.46. The molecule has 1 aliphatic heterocycles. The van der Waals surface area contributed by atoms with Crippen LogP contribution in [0.15, 0.2) is 84.4 Å². The number of ether oxygens (including phenoxy) is 2. The van der Waals surface area contributed by atoms with Crippen LogP contribution in [0.3, 0.4) is 0 Å². The summed E-state index contributed by atoms with van der Waals surface area (Å²) in [5, 5.41) is 11.4. The number of likely N-dealkylation sites (N-methyl/N-ethyl adjacent to an activating group) is 1. The molecule has 1 atom stereocenters. The highest BCUT2D eigenvalue weighted by atomic mass is 16.5. The molecule has 0 bridgehead atoms. The Balaban J connectivity index is 1.69. The standard InChI is InChI=1S/C32H36N2O5/c1-22(2)20-38-26-15-13-24(14-16-26)30(35)28-29(34(18-17-33(3)4)32(37)31(28)36)25-11-8-12-27(19-25)39-21-23-9-6-5-7-10-23/h5-16,19,22,29,35H,17-18,20-21H2,1-4H3/b30-28-. The van der Waals surface area contributed by atoms with Crippen LogP contribution in [0.1, 0.15) is 36.6 Å². The molecule has 0 spiro atoms. The lowest BCUT2D eigenvalue weighted by atomic mass is 9.95. The monoisotopic (exact) mass is 528 g/mol. The van der Waals surface area contributed by atoms with Gasteiger partial charge in [-0.1, -0.05) is 56.3 Å². The van der Waals surface area contributed by atoms with Crippen LogP contribution in [0.25, 0.3) is 5.76 Å². The van der Waals surface area contributed by atoms with Crippen molar-refractivity contribution in [2.45, 2.75) is 26.5 Å². The second-order valence-electron chi connectivity index (χ2n) is 10.4. The molecule has 1 aliphatic rings. The molecule has 1 heterocycles. The van der Waals surface area contributed by atoms with E-state index >= 15 is 0 Å². The summed E-state index contributed by atoms with van der Waals surface area (Å²) in [5.74, 6) is 0.121. The second kappa shape index (κ2) is 12.6. The maximum absolute atomic E-state index is 13.3. The first-order valence-electron chi connectivity index (χ1n) is 13.2. The summed E-state index contributed by atoms with van der Waals surface area (Å²) in [4.78, 5) is 30.0. The molecule has 3 aromatic carbocycles. The molecule has 0 aromatic heterocycles. The van der Waals surface area contributed by atoms with Gasteiger partial charge in [-0.05, 0) is 67.5 Å². The molecule has 1 saturated heterocycles. The lowest BCUT2D eigenvalue weighted by Crippen LogP contribution is -2.35. The maximum atomic E-state index is 13.3. The van der Waals surface area contributed by atoms with E-state index in [4.69, 9.17) is 9.47 Å². The molecule has 0 aliphatic carbocycles. The Labute approximate surface area is 230 Å². The largest absolute Gasteiger partial charge is 0.507 e. The van der Waals surface area contributed by atoms with Gasteiger partial charge in [0.05, 0.1) is 18.2 Å². The van der Waals surface area contributed by atoms with Crippen molar-refractivity contribution in [1.29, 1.82) is 0 Å². The Morgan fingerprint density at radius 2 is 1.64 bits per heavy atom. The number of carbonyl (C=O) groups excluding carboxylic acids is 2. The molecule has 1 N–H and O–H groups in total. The zero-order valence-electron chi connectivity index (χ0n) is 23.0. The number of hydrogen-bond donors (Lipinski definition) is 1. The average molecular weight is 529 g/mol. The number of likely N-dealkylation sites (tertiary alicyclic amines) is 1. The summed E-state index contributed by atoms with van der Waals surface area (Å²) in [6.45, 7) is 5.99. The van der Waals surface area contributed by atoms with Crippen LogP contribution < -0.4 is 9.47 Å². The molecule has 1 amide bonds. The van der Waals surface area contributed by atoms with Crippen molar-refractivity contribution >= 4 is 17.4 Å². The number of benzene rings is 3. The van der Waals surface area contributed by atoms with Gasteiger partial charge in [-0.25, -0.2) is 0 Å². The Morgan fingerprint density at radius 3 is 2.31 bits per heavy atom. The molecule has 7 nitrogen and oxygen atoms in total. The smallest absolute Gasteiger partial charge is 0.295 e. The predicted molar refractivity (Wildman–Crippen MR) is 152 cm³/mol. The van der Waals surface area contributed by atoms with Crippen molar-refractivity contribution in [3.05, 3.63) is 101 Å². The molecule has 7 heteroatoms. The lowest BCUT2D eigenvalue weighted by Gasteiger charge is -2.27. The minimum absolute atomic E-state index is 0.0646. The van der Waals surface area contributed by atoms with Gasteiger partial charge < -0.3 is 24.4 Å². The van der Waals surface area contributed by atoms with Crippen molar-refractivity contribution in [3.63, 3.8) is 0 Å². The number of ketones is 1. The van der Waals surface area contributed by atoms with E-state index in [1.807, 2.05) is 73.6 Å². The fourth-order valence-corrected chi connectivity index (χ4v) is 4.41. The van der Waals surface area contributed by atoms with Crippen molar-refractivity contribution in [3.8, 4) is 11.5 Å². The second-order valence-corrected chi connectivity index (χ2v) is 10.4. The van der Waals surface area contributed by atoms with E-state index in [0.717, 1.165) is 5.56 Å². The van der Waals surface area contributed by atoms with Crippen LogP contribution in [0.5, 0.6) is 11.5 Å². The number of aliphatic hydroxyl groups excluding tert-OH is 1. The van der Waals surface area contributed by atoms with Crippen LogP contribution in [-0.4, -0.2) is 60.4 Å². The fraction of sp³-hybridized carbons (Fsp3) is 0.312. The van der Waals surface area contributed by atoms with Crippen LogP contribution in [0.2, 0.25) is 0 Å². The molecular weight excluding hydrogens is 492 g/mol. The molecule has 0 saturated carbocycles. The van der Waals surface area contributed by atoms with Gasteiger partial charge in [0.2, 0.25) is 0 Å². The summed E-state index contributed by atoms with van der Waals surface area (Å²) in [6.07, 6.45) is 0. The average Bonchev–Trinajstić information content (AvgIpc) is 3.19. The van der Waals surface area contributed by atoms with Gasteiger partial charge in [-0.2, -0.15) is 0 Å². The summed E-state index contributed by atoms with van der Waals surface area (Å²) >= 11 is 0. The zero-order valence-corrected chi connectivity index (χ0v) is 23.0. The van der Waals surface area contributed by atoms with E-state index in [9.17, 15) is 14.7 Å². The summed E-state index contributed by atoms with van der Waals surface area (Å²) < 4.78 is 11.8. The van der Waals surface area contributed by atoms with Crippen molar-refractivity contribution < 1.29 is 24.2 Å². The number of Topliss-reactive ketones (excluding diaryl/α,β-unsaturated/α-hetero) is 1. The molecule has 39 heavy (non-hydrogen) atoms. The molecular formula is C32H36N2O5. The lowest BCUT2D eigenvalue weighted by molar-refractivity contribution is -0.140. The third-order valence-electron chi connectivity index (χ3n) is 6.46. The third kappa shape index (κ3) is 6.86. The summed E-state index contributed by atoms with van der Waals surface area (Å²) in [5.41, 5.74) is 2.23. The van der Waals surface area contributed by atoms with E-state index in [0.29, 0.717) is 54.8 Å². The van der Waals surface area contributed by atoms with E-state index in [-0.39, 0.29) is 11.3 Å². The SMILES string of the molecule is CC(C)COc1ccc(/C(O)=C2/C(=O)C(=O)N(CCN(C)C)C2c2cccc(OCc3ccccc3)c2)cc1. The van der Waals surface area contributed by atoms with E-state index in [1.165, 1.54) is 4.90 Å². The maximum Gasteiger partial charge on any atom is 0.295 e. The molecule has 204 valence electrons. The van der Waals surface area contributed by atoms with Gasteiger partial charge in [-0.3, -0.25) is 9.59 Å². The van der Waals surface area contributed by atoms with Gasteiger partial charge in [0, 0.05) is 18.7 Å². The van der Waals surface area contributed by atoms with E-state index in [2.05, 4.69) is 13.8 Å². The van der Waals surface area contributed by atoms with Gasteiger partial charge in [0.25, 0.3) is 11.7 Å². The minimum Gasteiger partial charge on any atom is -0.507 e. The molecule has 3 aromatic rings. The van der Waals surface area contributed by atoms with Crippen molar-refractivity contribution in [2.75, 3.05) is 33.8 Å². The van der Waals surface area contributed by atoms with E-state index < -0.39 is 17.7 Å². The normalized spacial score (nSPS) is 16.8. The third-order valence-corrected chi connectivity index (χ3v) is 6.46. The van der Waals surface area contributed by atoms with Gasteiger partial charge in [0.1, 0.15) is 23.9 Å². The molecule has 4 rings (SSSR count). The van der Waals surface area contributed by atoms with Gasteiger partial charge >= 0.3 is 0 Å². The number of aliphatic hydroxyl groups is 1.